The highest BCUT2D eigenvalue weighted by Crippen LogP contribution is 2.43. The minimum absolute atomic E-state index is 0.0339. The standard InChI is InChI=1S/C50H98NO8P/c1-6-8-10-12-14-16-18-20-22-23-24-25-26-27-29-31-33-35-37-39-41-43-50(53)59-48(47-58-60(54,55)57-45-44-51(3,4)5)46-56-49(52)42-40-38-36-34-32-30-28-21-19-17-15-13-11-9-7-2/h21,28,48H,6-20,22-27,29-47H2,1-5H3/p+1/b28-21-/t48-/m1/s1. The average Bonchev–Trinajstić information content (AvgIpc) is 3.20. The number of nitrogens with zero attached hydrogens (tertiary/aromatic N) is 1. The second-order valence-electron chi connectivity index (χ2n) is 18.6. The number of rotatable bonds is 47. The van der Waals surface area contributed by atoms with Gasteiger partial charge in [-0.3, -0.25) is 18.6 Å². The van der Waals surface area contributed by atoms with Crippen LogP contribution < -0.4 is 0 Å². The Kier molecular flexibility index (Phi) is 42.1. The molecule has 356 valence electrons. The molecule has 0 heterocycles. The number of carbonyl (C=O) groups excluding carboxylic acids is 2. The lowest BCUT2D eigenvalue weighted by atomic mass is 10.0. The van der Waals surface area contributed by atoms with Crippen LogP contribution in [0.15, 0.2) is 12.2 Å². The van der Waals surface area contributed by atoms with Crippen LogP contribution in [0.3, 0.4) is 0 Å². The molecule has 0 bridgehead atoms. The van der Waals surface area contributed by atoms with Gasteiger partial charge in [0.25, 0.3) is 0 Å². The first-order valence-electron chi connectivity index (χ1n) is 25.4. The summed E-state index contributed by atoms with van der Waals surface area (Å²) in [5.74, 6) is -0.794. The van der Waals surface area contributed by atoms with Gasteiger partial charge in [-0.05, 0) is 38.5 Å². The number of allylic oxidation sites excluding steroid dienone is 2. The third-order valence-electron chi connectivity index (χ3n) is 11.3. The van der Waals surface area contributed by atoms with Crippen molar-refractivity contribution < 1.29 is 42.1 Å². The summed E-state index contributed by atoms with van der Waals surface area (Å²) < 4.78 is 34.4. The van der Waals surface area contributed by atoms with Gasteiger partial charge in [-0.15, -0.1) is 0 Å². The predicted molar refractivity (Wildman–Crippen MR) is 252 cm³/mol. The maximum atomic E-state index is 12.7. The quantitative estimate of drug-likeness (QED) is 0.0212. The largest absolute Gasteiger partial charge is 0.472 e. The molecule has 1 unspecified atom stereocenters. The summed E-state index contributed by atoms with van der Waals surface area (Å²) in [6.45, 7) is 4.45. The molecule has 0 aliphatic heterocycles. The summed E-state index contributed by atoms with van der Waals surface area (Å²) in [6, 6.07) is 0. The number of ether oxygens (including phenoxy) is 2. The normalized spacial score (nSPS) is 13.5. The maximum absolute atomic E-state index is 12.7. The van der Waals surface area contributed by atoms with Crippen molar-refractivity contribution in [3.63, 3.8) is 0 Å². The molecule has 1 N–H and O–H groups in total. The van der Waals surface area contributed by atoms with E-state index in [1.54, 1.807) is 0 Å². The van der Waals surface area contributed by atoms with Crippen LogP contribution in [0.5, 0.6) is 0 Å². The second kappa shape index (κ2) is 43.0. The summed E-state index contributed by atoms with van der Waals surface area (Å²) in [4.78, 5) is 35.5. The van der Waals surface area contributed by atoms with Gasteiger partial charge in [0, 0.05) is 12.8 Å². The number of unbranched alkanes of at least 4 members (excludes halogenated alkanes) is 31. The fourth-order valence-electron chi connectivity index (χ4n) is 7.31. The van der Waals surface area contributed by atoms with Crippen molar-refractivity contribution in [2.45, 2.75) is 251 Å². The van der Waals surface area contributed by atoms with E-state index in [0.717, 1.165) is 51.4 Å². The van der Waals surface area contributed by atoms with Crippen LogP contribution in [0.2, 0.25) is 0 Å². The first-order valence-corrected chi connectivity index (χ1v) is 26.9. The lowest BCUT2D eigenvalue weighted by molar-refractivity contribution is -0.870. The van der Waals surface area contributed by atoms with Crippen molar-refractivity contribution in [1.82, 2.24) is 0 Å². The molecule has 2 atom stereocenters. The third-order valence-corrected chi connectivity index (χ3v) is 12.3. The van der Waals surface area contributed by atoms with Crippen molar-refractivity contribution in [3.8, 4) is 0 Å². The molecular formula is C50H99NO8P+. The van der Waals surface area contributed by atoms with Gasteiger partial charge in [-0.1, -0.05) is 206 Å². The molecule has 0 saturated heterocycles. The van der Waals surface area contributed by atoms with Crippen LogP contribution >= 0.6 is 7.82 Å². The molecule has 0 aromatic carbocycles. The number of phosphoric ester groups is 1. The van der Waals surface area contributed by atoms with E-state index in [4.69, 9.17) is 18.5 Å². The van der Waals surface area contributed by atoms with Crippen molar-refractivity contribution in [1.29, 1.82) is 0 Å². The Labute approximate surface area is 371 Å². The monoisotopic (exact) mass is 873 g/mol. The molecule has 0 aromatic rings. The summed E-state index contributed by atoms with van der Waals surface area (Å²) >= 11 is 0. The molecule has 0 radical (unpaired) electrons. The molecule has 0 aliphatic rings. The molecule has 10 heteroatoms. The van der Waals surface area contributed by atoms with Crippen LogP contribution in [0.4, 0.5) is 0 Å². The first-order chi connectivity index (χ1) is 29.0. The fourth-order valence-corrected chi connectivity index (χ4v) is 8.05. The Morgan fingerprint density at radius 2 is 0.850 bits per heavy atom. The number of likely N-dealkylation sites (N-methyl/N-ethyl adjacent to an activating group) is 1. The zero-order valence-electron chi connectivity index (χ0n) is 40.2. The van der Waals surface area contributed by atoms with Gasteiger partial charge < -0.3 is 18.9 Å². The number of hydrogen-bond donors (Lipinski definition) is 1. The first kappa shape index (κ1) is 58.8. The molecular weight excluding hydrogens is 774 g/mol. The lowest BCUT2D eigenvalue weighted by Crippen LogP contribution is -2.37. The van der Waals surface area contributed by atoms with Gasteiger partial charge in [0.05, 0.1) is 27.7 Å². The minimum Gasteiger partial charge on any atom is -0.462 e. The predicted octanol–water partition coefficient (Wildman–Crippen LogP) is 14.9. The topological polar surface area (TPSA) is 108 Å². The average molecular weight is 873 g/mol. The van der Waals surface area contributed by atoms with E-state index in [1.165, 1.54) is 161 Å². The van der Waals surface area contributed by atoms with E-state index in [-0.39, 0.29) is 32.0 Å². The SMILES string of the molecule is CCCCCCCC/C=C\CCCCCCCC(=O)OC[C@H](COP(=O)(O)OCC[N+](C)(C)C)OC(=O)CCCCCCCCCCCCCCCCCCCCCCC. The highest BCUT2D eigenvalue weighted by Gasteiger charge is 2.27. The van der Waals surface area contributed by atoms with Gasteiger partial charge in [-0.25, -0.2) is 4.57 Å². The number of phosphoric acid groups is 1. The van der Waals surface area contributed by atoms with Crippen LogP contribution in [0, 0.1) is 0 Å². The summed E-state index contributed by atoms with van der Waals surface area (Å²) in [6.07, 6.45) is 46.9. The van der Waals surface area contributed by atoms with Crippen molar-refractivity contribution in [2.75, 3.05) is 47.5 Å². The van der Waals surface area contributed by atoms with Crippen LogP contribution in [0.25, 0.3) is 0 Å². The second-order valence-corrected chi connectivity index (χ2v) is 20.0. The minimum atomic E-state index is -4.37. The summed E-state index contributed by atoms with van der Waals surface area (Å²) in [5.41, 5.74) is 0. The molecule has 60 heavy (non-hydrogen) atoms. The van der Waals surface area contributed by atoms with E-state index in [0.29, 0.717) is 17.4 Å². The van der Waals surface area contributed by atoms with Gasteiger partial charge in [-0.2, -0.15) is 0 Å². The molecule has 0 saturated carbocycles. The fraction of sp³-hybridized carbons (Fsp3) is 0.920. The number of carbonyl (C=O) groups is 2. The number of quaternary nitrogens is 1. The zero-order valence-corrected chi connectivity index (χ0v) is 41.1. The Morgan fingerprint density at radius 1 is 0.500 bits per heavy atom. The van der Waals surface area contributed by atoms with Crippen molar-refractivity contribution >= 4 is 19.8 Å². The van der Waals surface area contributed by atoms with Crippen molar-refractivity contribution in [3.05, 3.63) is 12.2 Å². The van der Waals surface area contributed by atoms with Gasteiger partial charge >= 0.3 is 19.8 Å². The van der Waals surface area contributed by atoms with Gasteiger partial charge in [0.2, 0.25) is 0 Å². The molecule has 0 aromatic heterocycles. The third kappa shape index (κ3) is 46.3. The Hall–Kier alpha value is -1.25. The molecule has 0 rings (SSSR count). The highest BCUT2D eigenvalue weighted by atomic mass is 31.2. The molecule has 0 amide bonds. The van der Waals surface area contributed by atoms with E-state index < -0.39 is 26.5 Å². The van der Waals surface area contributed by atoms with E-state index >= 15 is 0 Å². The Morgan fingerprint density at radius 3 is 1.23 bits per heavy atom. The van der Waals surface area contributed by atoms with E-state index in [1.807, 2.05) is 21.1 Å². The van der Waals surface area contributed by atoms with Gasteiger partial charge in [0.1, 0.15) is 19.8 Å². The zero-order chi connectivity index (χ0) is 44.3. The van der Waals surface area contributed by atoms with Crippen LogP contribution in [-0.2, 0) is 32.7 Å². The van der Waals surface area contributed by atoms with E-state index in [9.17, 15) is 19.0 Å². The molecule has 0 spiro atoms. The van der Waals surface area contributed by atoms with Crippen LogP contribution in [-0.4, -0.2) is 74.9 Å². The van der Waals surface area contributed by atoms with Crippen molar-refractivity contribution in [2.24, 2.45) is 0 Å². The van der Waals surface area contributed by atoms with Gasteiger partial charge in [0.15, 0.2) is 6.10 Å². The Balaban J connectivity index is 4.22. The maximum Gasteiger partial charge on any atom is 0.472 e. The smallest absolute Gasteiger partial charge is 0.462 e. The summed E-state index contributed by atoms with van der Waals surface area (Å²) in [5, 5.41) is 0. The van der Waals surface area contributed by atoms with E-state index in [2.05, 4.69) is 26.0 Å². The Bertz CT molecular complexity index is 1030. The van der Waals surface area contributed by atoms with Crippen LogP contribution in [0.1, 0.15) is 245 Å². The molecule has 0 fully saturated rings. The number of esters is 2. The number of hydrogen-bond acceptors (Lipinski definition) is 7. The summed E-state index contributed by atoms with van der Waals surface area (Å²) in [7, 11) is 1.49. The highest BCUT2D eigenvalue weighted by molar-refractivity contribution is 7.47. The lowest BCUT2D eigenvalue weighted by Gasteiger charge is -2.24. The molecule has 9 nitrogen and oxygen atoms in total. The molecule has 0 aliphatic carbocycles.